The summed E-state index contributed by atoms with van der Waals surface area (Å²) in [6.07, 6.45) is 0. The molecule has 4 nitrogen and oxygen atoms in total. The number of halogens is 2. The van der Waals surface area contributed by atoms with E-state index >= 15 is 0 Å². The number of amides is 1. The van der Waals surface area contributed by atoms with Gasteiger partial charge in [-0.1, -0.05) is 12.1 Å². The number of carbonyl (C=O) groups is 1. The summed E-state index contributed by atoms with van der Waals surface area (Å²) in [6, 6.07) is 9.40. The molecule has 0 unspecified atom stereocenters. The lowest BCUT2D eigenvalue weighted by molar-refractivity contribution is 0.0628. The Morgan fingerprint density at radius 2 is 1.77 bits per heavy atom. The van der Waals surface area contributed by atoms with Crippen LogP contribution < -0.4 is 4.74 Å². The number of rotatable bonds is 4. The van der Waals surface area contributed by atoms with Gasteiger partial charge in [-0.25, -0.2) is 8.78 Å². The van der Waals surface area contributed by atoms with Crippen LogP contribution >= 0.6 is 0 Å². The van der Waals surface area contributed by atoms with Crippen LogP contribution in [0.3, 0.4) is 0 Å². The van der Waals surface area contributed by atoms with Gasteiger partial charge in [0.1, 0.15) is 5.75 Å². The first kappa shape index (κ1) is 18.3. The molecule has 2 aromatic carbocycles. The molecule has 0 bridgehead atoms. The van der Waals surface area contributed by atoms with Gasteiger partial charge in [-0.15, -0.1) is 0 Å². The molecule has 1 aliphatic rings. The smallest absolute Gasteiger partial charge is 0.254 e. The molecule has 0 aromatic heterocycles. The van der Waals surface area contributed by atoms with E-state index in [0.29, 0.717) is 13.1 Å². The van der Waals surface area contributed by atoms with Crippen LogP contribution in [-0.2, 0) is 6.54 Å². The van der Waals surface area contributed by atoms with E-state index in [4.69, 9.17) is 4.74 Å². The summed E-state index contributed by atoms with van der Waals surface area (Å²) in [4.78, 5) is 16.4. The highest BCUT2D eigenvalue weighted by molar-refractivity contribution is 5.94. The van der Waals surface area contributed by atoms with E-state index in [1.54, 1.807) is 12.0 Å². The largest absolute Gasteiger partial charge is 0.496 e. The van der Waals surface area contributed by atoms with Gasteiger partial charge in [0.25, 0.3) is 5.91 Å². The van der Waals surface area contributed by atoms with Gasteiger partial charge in [0.05, 0.1) is 7.11 Å². The summed E-state index contributed by atoms with van der Waals surface area (Å²) in [5.74, 6) is -1.33. The van der Waals surface area contributed by atoms with Crippen molar-refractivity contribution in [1.29, 1.82) is 0 Å². The third-order valence-electron chi connectivity index (χ3n) is 4.69. The maximum atomic E-state index is 13.3. The number of nitrogens with zero attached hydrogens (tertiary/aromatic N) is 2. The highest BCUT2D eigenvalue weighted by Crippen LogP contribution is 2.20. The lowest BCUT2D eigenvalue weighted by Crippen LogP contribution is -2.48. The van der Waals surface area contributed by atoms with Crippen molar-refractivity contribution in [2.45, 2.75) is 13.5 Å². The lowest BCUT2D eigenvalue weighted by Gasteiger charge is -2.35. The van der Waals surface area contributed by atoms with Crippen LogP contribution in [0.2, 0.25) is 0 Å². The van der Waals surface area contributed by atoms with Crippen molar-refractivity contribution in [1.82, 2.24) is 9.80 Å². The minimum Gasteiger partial charge on any atom is -0.496 e. The maximum absolute atomic E-state index is 13.3. The molecule has 1 saturated heterocycles. The van der Waals surface area contributed by atoms with Crippen molar-refractivity contribution in [3.8, 4) is 5.75 Å². The van der Waals surface area contributed by atoms with Crippen molar-refractivity contribution in [2.75, 3.05) is 33.3 Å². The van der Waals surface area contributed by atoms with E-state index in [0.717, 1.165) is 43.1 Å². The molecular formula is C20H22F2N2O2. The Hall–Kier alpha value is -2.47. The predicted molar refractivity (Wildman–Crippen MR) is 95.3 cm³/mol. The highest BCUT2D eigenvalue weighted by atomic mass is 19.2. The molecular weight excluding hydrogens is 338 g/mol. The molecule has 1 aliphatic heterocycles. The van der Waals surface area contributed by atoms with Gasteiger partial charge in [0.15, 0.2) is 11.6 Å². The molecule has 0 radical (unpaired) electrons. The van der Waals surface area contributed by atoms with Gasteiger partial charge in [-0.3, -0.25) is 9.69 Å². The SMILES string of the molecule is COc1ccc(CN2CCN(C(=O)c3ccc(F)c(F)c3)CC2)cc1C. The third-order valence-corrected chi connectivity index (χ3v) is 4.69. The van der Waals surface area contributed by atoms with Crippen LogP contribution in [0, 0.1) is 18.6 Å². The van der Waals surface area contributed by atoms with Crippen LogP contribution in [0.25, 0.3) is 0 Å². The highest BCUT2D eigenvalue weighted by Gasteiger charge is 2.23. The summed E-state index contributed by atoms with van der Waals surface area (Å²) in [6.45, 7) is 5.42. The van der Waals surface area contributed by atoms with E-state index in [2.05, 4.69) is 11.0 Å². The molecule has 0 spiro atoms. The van der Waals surface area contributed by atoms with Crippen LogP contribution in [0.5, 0.6) is 5.75 Å². The minimum absolute atomic E-state index is 0.183. The molecule has 0 atom stereocenters. The molecule has 0 saturated carbocycles. The van der Waals surface area contributed by atoms with E-state index in [1.807, 2.05) is 19.1 Å². The number of carbonyl (C=O) groups excluding carboxylic acids is 1. The molecule has 0 N–H and O–H groups in total. The maximum Gasteiger partial charge on any atom is 0.254 e. The van der Waals surface area contributed by atoms with E-state index < -0.39 is 11.6 Å². The molecule has 6 heteroatoms. The zero-order valence-electron chi connectivity index (χ0n) is 15.0. The molecule has 138 valence electrons. The molecule has 1 fully saturated rings. The molecule has 2 aromatic rings. The Balaban J connectivity index is 1.57. The van der Waals surface area contributed by atoms with Crippen LogP contribution in [0.1, 0.15) is 21.5 Å². The Morgan fingerprint density at radius 1 is 1.04 bits per heavy atom. The number of hydrogen-bond donors (Lipinski definition) is 0. The normalized spacial score (nSPS) is 15.2. The molecule has 1 amide bonds. The van der Waals surface area contributed by atoms with Crippen molar-refractivity contribution < 1.29 is 18.3 Å². The zero-order chi connectivity index (χ0) is 18.7. The lowest BCUT2D eigenvalue weighted by atomic mass is 10.1. The second kappa shape index (κ2) is 7.83. The van der Waals surface area contributed by atoms with Gasteiger partial charge in [-0.05, 0) is 42.3 Å². The van der Waals surface area contributed by atoms with Crippen molar-refractivity contribution in [2.24, 2.45) is 0 Å². The van der Waals surface area contributed by atoms with E-state index in [1.165, 1.54) is 11.6 Å². The average Bonchev–Trinajstić information content (AvgIpc) is 2.64. The van der Waals surface area contributed by atoms with Crippen molar-refractivity contribution in [3.63, 3.8) is 0 Å². The fourth-order valence-electron chi connectivity index (χ4n) is 3.22. The molecule has 0 aliphatic carbocycles. The number of methoxy groups -OCH3 is 1. The first-order chi connectivity index (χ1) is 12.5. The minimum atomic E-state index is -0.996. The first-order valence-electron chi connectivity index (χ1n) is 8.58. The summed E-state index contributed by atoms with van der Waals surface area (Å²) in [7, 11) is 1.66. The van der Waals surface area contributed by atoms with Gasteiger partial charge in [-0.2, -0.15) is 0 Å². The summed E-state index contributed by atoms with van der Waals surface area (Å²) < 4.78 is 31.6. The number of aryl methyl sites for hydroxylation is 1. The van der Waals surface area contributed by atoms with E-state index in [9.17, 15) is 13.6 Å². The summed E-state index contributed by atoms with van der Waals surface area (Å²) in [5.41, 5.74) is 2.48. The van der Waals surface area contributed by atoms with Crippen LogP contribution in [0.4, 0.5) is 8.78 Å². The van der Waals surface area contributed by atoms with E-state index in [-0.39, 0.29) is 11.5 Å². The number of hydrogen-bond acceptors (Lipinski definition) is 3. The fraction of sp³-hybridized carbons (Fsp3) is 0.350. The fourth-order valence-corrected chi connectivity index (χ4v) is 3.22. The first-order valence-corrected chi connectivity index (χ1v) is 8.58. The standard InChI is InChI=1S/C20H22F2N2O2/c1-14-11-15(3-6-19(14)26-2)13-23-7-9-24(10-8-23)20(25)16-4-5-17(21)18(22)12-16/h3-6,11-12H,7-10,13H2,1-2H3. The van der Waals surface area contributed by atoms with Gasteiger partial charge in [0, 0.05) is 38.3 Å². The molecule has 26 heavy (non-hydrogen) atoms. The second-order valence-corrected chi connectivity index (χ2v) is 6.50. The Morgan fingerprint density at radius 3 is 2.38 bits per heavy atom. The number of benzene rings is 2. The molecule has 3 rings (SSSR count). The quantitative estimate of drug-likeness (QED) is 0.839. The second-order valence-electron chi connectivity index (χ2n) is 6.50. The number of ether oxygens (including phenoxy) is 1. The van der Waals surface area contributed by atoms with Crippen molar-refractivity contribution in [3.05, 3.63) is 64.7 Å². The number of piperazine rings is 1. The summed E-state index contributed by atoms with van der Waals surface area (Å²) in [5, 5.41) is 0. The van der Waals surface area contributed by atoms with Gasteiger partial charge in [0.2, 0.25) is 0 Å². The Kier molecular flexibility index (Phi) is 5.52. The van der Waals surface area contributed by atoms with Gasteiger partial charge >= 0.3 is 0 Å². The topological polar surface area (TPSA) is 32.8 Å². The third kappa shape index (κ3) is 4.02. The average molecular weight is 360 g/mol. The zero-order valence-corrected chi connectivity index (χ0v) is 15.0. The Bertz CT molecular complexity index is 802. The Labute approximate surface area is 152 Å². The van der Waals surface area contributed by atoms with Crippen LogP contribution in [-0.4, -0.2) is 49.0 Å². The summed E-state index contributed by atoms with van der Waals surface area (Å²) >= 11 is 0. The van der Waals surface area contributed by atoms with Crippen molar-refractivity contribution >= 4 is 5.91 Å². The molecule has 1 heterocycles. The van der Waals surface area contributed by atoms with Crippen LogP contribution in [0.15, 0.2) is 36.4 Å². The predicted octanol–water partition coefficient (Wildman–Crippen LogP) is 3.24. The van der Waals surface area contributed by atoms with Gasteiger partial charge < -0.3 is 9.64 Å². The monoisotopic (exact) mass is 360 g/mol.